The Morgan fingerprint density at radius 3 is 2.71 bits per heavy atom. The first-order valence-corrected chi connectivity index (χ1v) is 6.13. The molecule has 0 saturated carbocycles. The smallest absolute Gasteiger partial charge is 0.354 e. The summed E-state index contributed by atoms with van der Waals surface area (Å²) in [4.78, 5) is 26.9. The molecule has 1 aromatic carbocycles. The minimum Gasteiger partial charge on any atom is -0.477 e. The zero-order chi connectivity index (χ0) is 14.8. The van der Waals surface area contributed by atoms with Crippen molar-refractivity contribution >= 4 is 28.7 Å². The maximum atomic E-state index is 12.2. The summed E-state index contributed by atoms with van der Waals surface area (Å²) in [5, 5.41) is 12.1. The lowest BCUT2D eigenvalue weighted by molar-refractivity contribution is 0.0690. The summed E-state index contributed by atoms with van der Waals surface area (Å²) in [6.45, 7) is 0. The number of carbonyl (C=O) groups excluding carboxylic acids is 1. The normalized spacial score (nSPS) is 10.5. The molecule has 21 heavy (non-hydrogen) atoms. The van der Waals surface area contributed by atoms with Crippen molar-refractivity contribution in [2.24, 2.45) is 0 Å². The van der Waals surface area contributed by atoms with Gasteiger partial charge in [0.2, 0.25) is 0 Å². The van der Waals surface area contributed by atoms with Crippen molar-refractivity contribution in [3.05, 3.63) is 60.0 Å². The zero-order valence-electron chi connectivity index (χ0n) is 10.7. The molecule has 0 fully saturated rings. The summed E-state index contributed by atoms with van der Waals surface area (Å²) in [5.74, 6) is -1.39. The Kier molecular flexibility index (Phi) is 3.12. The minimum absolute atomic E-state index is 0.134. The van der Waals surface area contributed by atoms with E-state index in [-0.39, 0.29) is 11.5 Å². The number of carboxylic acids is 1. The molecule has 0 spiro atoms. The highest BCUT2D eigenvalue weighted by atomic mass is 16.4. The summed E-state index contributed by atoms with van der Waals surface area (Å²) >= 11 is 0. The van der Waals surface area contributed by atoms with Crippen LogP contribution in [0.3, 0.4) is 0 Å². The molecule has 0 aliphatic carbocycles. The third-order valence-corrected chi connectivity index (χ3v) is 2.94. The number of benzene rings is 1. The maximum absolute atomic E-state index is 12.2. The van der Waals surface area contributed by atoms with Crippen LogP contribution in [0.25, 0.3) is 11.0 Å². The molecule has 3 rings (SSSR count). The van der Waals surface area contributed by atoms with E-state index in [4.69, 9.17) is 9.52 Å². The van der Waals surface area contributed by atoms with Gasteiger partial charge in [0.1, 0.15) is 17.7 Å². The van der Waals surface area contributed by atoms with E-state index in [0.29, 0.717) is 16.5 Å². The van der Waals surface area contributed by atoms with Gasteiger partial charge in [0, 0.05) is 5.39 Å². The number of anilines is 1. The number of nitrogens with one attached hydrogen (secondary N) is 1. The van der Waals surface area contributed by atoms with Gasteiger partial charge >= 0.3 is 5.97 Å². The van der Waals surface area contributed by atoms with Crippen LogP contribution in [0.2, 0.25) is 0 Å². The van der Waals surface area contributed by atoms with E-state index in [1.54, 1.807) is 18.2 Å². The van der Waals surface area contributed by atoms with E-state index in [0.717, 1.165) is 0 Å². The lowest BCUT2D eigenvalue weighted by atomic mass is 10.1. The van der Waals surface area contributed by atoms with Crippen molar-refractivity contribution in [3.8, 4) is 0 Å². The van der Waals surface area contributed by atoms with Crippen LogP contribution in [0.15, 0.2) is 53.1 Å². The Hall–Kier alpha value is -3.15. The first-order chi connectivity index (χ1) is 10.1. The molecule has 2 aromatic heterocycles. The molecular formula is C15H10N2O4. The van der Waals surface area contributed by atoms with Gasteiger partial charge in [0.25, 0.3) is 5.91 Å². The van der Waals surface area contributed by atoms with Crippen LogP contribution in [-0.4, -0.2) is 22.0 Å². The van der Waals surface area contributed by atoms with E-state index in [1.165, 1.54) is 24.5 Å². The average Bonchev–Trinajstić information content (AvgIpc) is 2.91. The number of rotatable bonds is 3. The van der Waals surface area contributed by atoms with Crippen LogP contribution in [-0.2, 0) is 0 Å². The molecule has 2 heterocycles. The lowest BCUT2D eigenvalue weighted by Gasteiger charge is -2.03. The fourth-order valence-corrected chi connectivity index (χ4v) is 1.96. The van der Waals surface area contributed by atoms with Crippen molar-refractivity contribution in [1.29, 1.82) is 0 Å². The van der Waals surface area contributed by atoms with Crippen LogP contribution in [0.5, 0.6) is 0 Å². The predicted molar refractivity (Wildman–Crippen MR) is 75.4 cm³/mol. The number of hydrogen-bond acceptors (Lipinski definition) is 4. The molecular weight excluding hydrogens is 272 g/mol. The van der Waals surface area contributed by atoms with Crippen molar-refractivity contribution < 1.29 is 19.1 Å². The van der Waals surface area contributed by atoms with Gasteiger partial charge in [-0.2, -0.15) is 0 Å². The van der Waals surface area contributed by atoms with Gasteiger partial charge < -0.3 is 14.8 Å². The Morgan fingerprint density at radius 2 is 1.90 bits per heavy atom. The lowest BCUT2D eigenvalue weighted by Crippen LogP contribution is -2.13. The third kappa shape index (κ3) is 2.46. The molecule has 104 valence electrons. The molecule has 0 atom stereocenters. The maximum Gasteiger partial charge on any atom is 0.354 e. The number of hydrogen-bond donors (Lipinski definition) is 2. The molecule has 2 N–H and O–H groups in total. The van der Waals surface area contributed by atoms with Crippen LogP contribution in [0.4, 0.5) is 5.82 Å². The average molecular weight is 282 g/mol. The number of carbonyl (C=O) groups is 2. The van der Waals surface area contributed by atoms with Gasteiger partial charge in [-0.25, -0.2) is 9.78 Å². The van der Waals surface area contributed by atoms with Gasteiger partial charge in [-0.3, -0.25) is 4.79 Å². The predicted octanol–water partition coefficient (Wildman–Crippen LogP) is 2.78. The summed E-state index contributed by atoms with van der Waals surface area (Å²) < 4.78 is 5.29. The number of amides is 1. The van der Waals surface area contributed by atoms with E-state index in [2.05, 4.69) is 10.3 Å². The topological polar surface area (TPSA) is 92.4 Å². The number of aromatic nitrogens is 1. The third-order valence-electron chi connectivity index (χ3n) is 2.94. The minimum atomic E-state index is -1.15. The van der Waals surface area contributed by atoms with Gasteiger partial charge in [0.15, 0.2) is 5.69 Å². The summed E-state index contributed by atoms with van der Waals surface area (Å²) in [6.07, 6.45) is 1.36. The fraction of sp³-hybridized carbons (Fsp3) is 0. The number of aromatic carboxylic acids is 1. The summed E-state index contributed by atoms with van der Waals surface area (Å²) in [7, 11) is 0. The second kappa shape index (κ2) is 5.09. The Labute approximate surface area is 119 Å². The Balaban J connectivity index is 1.90. The Bertz CT molecular complexity index is 838. The number of furan rings is 1. The fourth-order valence-electron chi connectivity index (χ4n) is 1.96. The standard InChI is InChI=1S/C15H10N2O4/c18-14(10-8-21-12-6-2-1-4-9(10)12)17-13-7-3-5-11(16-13)15(19)20/h1-8H,(H,19,20)(H,16,17,18). The molecule has 0 bridgehead atoms. The number of fused-ring (bicyclic) bond motifs is 1. The first-order valence-electron chi connectivity index (χ1n) is 6.13. The Morgan fingerprint density at radius 1 is 1.10 bits per heavy atom. The molecule has 6 heteroatoms. The van der Waals surface area contributed by atoms with Gasteiger partial charge in [-0.05, 0) is 18.2 Å². The van der Waals surface area contributed by atoms with E-state index < -0.39 is 11.9 Å². The molecule has 0 aliphatic heterocycles. The highest BCUT2D eigenvalue weighted by Crippen LogP contribution is 2.21. The second-order valence-electron chi connectivity index (χ2n) is 4.31. The van der Waals surface area contributed by atoms with Crippen LogP contribution >= 0.6 is 0 Å². The van der Waals surface area contributed by atoms with Crippen molar-refractivity contribution in [3.63, 3.8) is 0 Å². The van der Waals surface area contributed by atoms with E-state index in [1.807, 2.05) is 6.07 Å². The quantitative estimate of drug-likeness (QED) is 0.770. The molecule has 6 nitrogen and oxygen atoms in total. The highest BCUT2D eigenvalue weighted by molar-refractivity contribution is 6.12. The van der Waals surface area contributed by atoms with Crippen molar-refractivity contribution in [2.45, 2.75) is 0 Å². The molecule has 3 aromatic rings. The number of carboxylic acid groups (broad SMARTS) is 1. The van der Waals surface area contributed by atoms with E-state index in [9.17, 15) is 9.59 Å². The zero-order valence-corrected chi connectivity index (χ0v) is 10.7. The second-order valence-corrected chi connectivity index (χ2v) is 4.31. The largest absolute Gasteiger partial charge is 0.477 e. The van der Waals surface area contributed by atoms with Crippen molar-refractivity contribution in [1.82, 2.24) is 4.98 Å². The number of pyridine rings is 1. The van der Waals surface area contributed by atoms with Crippen LogP contribution in [0, 0.1) is 0 Å². The molecule has 0 aliphatic rings. The van der Waals surface area contributed by atoms with Gasteiger partial charge in [0.05, 0.1) is 5.56 Å². The molecule has 0 unspecified atom stereocenters. The van der Waals surface area contributed by atoms with Crippen LogP contribution in [0.1, 0.15) is 20.8 Å². The highest BCUT2D eigenvalue weighted by Gasteiger charge is 2.14. The molecule has 0 saturated heterocycles. The first kappa shape index (κ1) is 12.9. The number of para-hydroxylation sites is 1. The van der Waals surface area contributed by atoms with Gasteiger partial charge in [-0.1, -0.05) is 24.3 Å². The summed E-state index contributed by atoms with van der Waals surface area (Å²) in [5.41, 5.74) is 0.841. The van der Waals surface area contributed by atoms with Crippen LogP contribution < -0.4 is 5.32 Å². The van der Waals surface area contributed by atoms with Gasteiger partial charge in [-0.15, -0.1) is 0 Å². The monoisotopic (exact) mass is 282 g/mol. The van der Waals surface area contributed by atoms with Crippen molar-refractivity contribution in [2.75, 3.05) is 5.32 Å². The SMILES string of the molecule is O=C(O)c1cccc(NC(=O)c2coc3ccccc23)n1. The molecule has 0 radical (unpaired) electrons. The van der Waals surface area contributed by atoms with E-state index >= 15 is 0 Å². The number of nitrogens with zero attached hydrogens (tertiary/aromatic N) is 1. The summed E-state index contributed by atoms with van der Waals surface area (Å²) in [6, 6.07) is 11.5. The molecule has 1 amide bonds.